The summed E-state index contributed by atoms with van der Waals surface area (Å²) in [6, 6.07) is 9.34. The lowest BCUT2D eigenvalue weighted by Gasteiger charge is -2.09. The van der Waals surface area contributed by atoms with Gasteiger partial charge in [-0.25, -0.2) is 13.2 Å². The van der Waals surface area contributed by atoms with Gasteiger partial charge in [0.05, 0.1) is 5.69 Å². The maximum absolute atomic E-state index is 13.3. The van der Waals surface area contributed by atoms with Crippen LogP contribution < -0.4 is 10.6 Å². The van der Waals surface area contributed by atoms with E-state index in [2.05, 4.69) is 10.6 Å². The molecule has 0 unspecified atom stereocenters. The largest absolute Gasteiger partial charge is 0.382 e. The Morgan fingerprint density at radius 1 is 0.905 bits per heavy atom. The van der Waals surface area contributed by atoms with Crippen molar-refractivity contribution in [3.63, 3.8) is 0 Å². The van der Waals surface area contributed by atoms with Crippen LogP contribution in [0.25, 0.3) is 0 Å². The van der Waals surface area contributed by atoms with E-state index < -0.39 is 29.0 Å². The number of rotatable bonds is 5. The second-order valence-corrected chi connectivity index (χ2v) is 4.30. The Kier molecular flexibility index (Phi) is 4.81. The molecule has 6 heteroatoms. The minimum atomic E-state index is -0.842. The summed E-state index contributed by atoms with van der Waals surface area (Å²) in [5.74, 6) is -2.68. The lowest BCUT2D eigenvalue weighted by atomic mass is 10.2. The Labute approximate surface area is 119 Å². The molecule has 0 aliphatic carbocycles. The van der Waals surface area contributed by atoms with E-state index in [1.54, 1.807) is 12.1 Å². The third kappa shape index (κ3) is 3.98. The molecule has 0 spiro atoms. The second-order valence-electron chi connectivity index (χ2n) is 4.30. The molecule has 2 aromatic carbocycles. The topological polar surface area (TPSA) is 41.1 Å². The van der Waals surface area contributed by atoms with Crippen LogP contribution in [0.1, 0.15) is 6.42 Å². The molecule has 3 nitrogen and oxygen atoms in total. The second kappa shape index (κ2) is 6.78. The summed E-state index contributed by atoms with van der Waals surface area (Å²) in [5, 5.41) is 4.89. The van der Waals surface area contributed by atoms with Gasteiger partial charge in [-0.1, -0.05) is 18.2 Å². The van der Waals surface area contributed by atoms with E-state index in [9.17, 15) is 18.0 Å². The van der Waals surface area contributed by atoms with Gasteiger partial charge in [-0.15, -0.1) is 0 Å². The number of nitrogens with one attached hydrogen (secondary N) is 2. The van der Waals surface area contributed by atoms with Gasteiger partial charge < -0.3 is 10.6 Å². The molecule has 0 saturated heterocycles. The molecule has 0 saturated carbocycles. The summed E-state index contributed by atoms with van der Waals surface area (Å²) in [7, 11) is 0. The Bertz CT molecular complexity index is 626. The first-order valence-corrected chi connectivity index (χ1v) is 6.30. The molecule has 0 aliphatic heterocycles. The predicted octanol–water partition coefficient (Wildman–Crippen LogP) is 3.54. The number of carbonyl (C=O) groups excluding carboxylic acids is 1. The Hall–Kier alpha value is -2.50. The molecule has 0 aromatic heterocycles. The monoisotopic (exact) mass is 294 g/mol. The summed E-state index contributed by atoms with van der Waals surface area (Å²) in [6.07, 6.45) is -0.0535. The molecule has 0 aliphatic rings. The summed E-state index contributed by atoms with van der Waals surface area (Å²) < 4.78 is 40.0. The molecule has 2 rings (SSSR count). The van der Waals surface area contributed by atoms with E-state index in [0.29, 0.717) is 0 Å². The summed E-state index contributed by atoms with van der Waals surface area (Å²) >= 11 is 0. The molecular weight excluding hydrogens is 281 g/mol. The number of halogens is 3. The average Bonchev–Trinajstić information content (AvgIpc) is 2.45. The van der Waals surface area contributed by atoms with Gasteiger partial charge in [-0.3, -0.25) is 4.79 Å². The Morgan fingerprint density at radius 2 is 1.52 bits per heavy atom. The van der Waals surface area contributed by atoms with Crippen LogP contribution in [0, 0.1) is 17.5 Å². The highest BCUT2D eigenvalue weighted by Gasteiger charge is 2.11. The average molecular weight is 294 g/mol. The fraction of sp³-hybridized carbons (Fsp3) is 0.133. The molecule has 21 heavy (non-hydrogen) atoms. The van der Waals surface area contributed by atoms with Crippen LogP contribution in [-0.4, -0.2) is 12.5 Å². The fourth-order valence-electron chi connectivity index (χ4n) is 1.73. The van der Waals surface area contributed by atoms with Gasteiger partial charge in [-0.2, -0.15) is 0 Å². The maximum atomic E-state index is 13.3. The van der Waals surface area contributed by atoms with Crippen LogP contribution >= 0.6 is 0 Å². The van der Waals surface area contributed by atoms with Crippen molar-refractivity contribution in [1.82, 2.24) is 0 Å². The van der Waals surface area contributed by atoms with E-state index in [1.807, 2.05) is 0 Å². The van der Waals surface area contributed by atoms with E-state index >= 15 is 0 Å². The number of benzene rings is 2. The van der Waals surface area contributed by atoms with Gasteiger partial charge in [0, 0.05) is 13.0 Å². The number of hydrogen-bond donors (Lipinski definition) is 2. The van der Waals surface area contributed by atoms with Crippen molar-refractivity contribution in [3.05, 3.63) is 59.9 Å². The molecule has 110 valence electrons. The first-order chi connectivity index (χ1) is 10.1. The molecule has 0 atom stereocenters. The van der Waals surface area contributed by atoms with E-state index in [0.717, 1.165) is 12.1 Å². The number of para-hydroxylation sites is 2. The van der Waals surface area contributed by atoms with Gasteiger partial charge in [0.1, 0.15) is 23.1 Å². The maximum Gasteiger partial charge on any atom is 0.226 e. The standard InChI is InChI=1S/C15H13F3N2O/c16-10-4-1-2-7-13(10)19-9-8-14(21)20-15-11(17)5-3-6-12(15)18/h1-7,19H,8-9H2,(H,20,21). The van der Waals surface area contributed by atoms with Crippen molar-refractivity contribution in [3.8, 4) is 0 Å². The predicted molar refractivity (Wildman–Crippen MR) is 74.5 cm³/mol. The van der Waals surface area contributed by atoms with E-state index in [-0.39, 0.29) is 18.7 Å². The third-order valence-corrected chi connectivity index (χ3v) is 2.77. The van der Waals surface area contributed by atoms with Crippen LogP contribution in [0.3, 0.4) is 0 Å². The highest BCUT2D eigenvalue weighted by Crippen LogP contribution is 2.18. The molecule has 0 bridgehead atoms. The number of hydrogen-bond acceptors (Lipinski definition) is 2. The molecule has 0 radical (unpaired) electrons. The summed E-state index contributed by atoms with van der Waals surface area (Å²) in [5.41, 5.74) is -0.212. The SMILES string of the molecule is O=C(CCNc1ccccc1F)Nc1c(F)cccc1F. The van der Waals surface area contributed by atoms with Crippen molar-refractivity contribution in [2.75, 3.05) is 17.2 Å². The van der Waals surface area contributed by atoms with Crippen molar-refractivity contribution in [2.24, 2.45) is 0 Å². The number of carbonyl (C=O) groups is 1. The Balaban J connectivity index is 1.87. The van der Waals surface area contributed by atoms with E-state index in [1.165, 1.54) is 18.2 Å². The van der Waals surface area contributed by atoms with Crippen molar-refractivity contribution in [2.45, 2.75) is 6.42 Å². The lowest BCUT2D eigenvalue weighted by molar-refractivity contribution is -0.116. The Morgan fingerprint density at radius 3 is 2.19 bits per heavy atom. The van der Waals surface area contributed by atoms with Gasteiger partial charge in [0.25, 0.3) is 0 Å². The molecule has 2 aromatic rings. The van der Waals surface area contributed by atoms with Crippen molar-refractivity contribution >= 4 is 17.3 Å². The fourth-order valence-corrected chi connectivity index (χ4v) is 1.73. The molecule has 1 amide bonds. The van der Waals surface area contributed by atoms with Crippen LogP contribution in [0.2, 0.25) is 0 Å². The third-order valence-electron chi connectivity index (χ3n) is 2.77. The smallest absolute Gasteiger partial charge is 0.226 e. The zero-order valence-corrected chi connectivity index (χ0v) is 11.0. The van der Waals surface area contributed by atoms with Crippen LogP contribution in [0.4, 0.5) is 24.5 Å². The van der Waals surface area contributed by atoms with Gasteiger partial charge in [0.2, 0.25) is 5.91 Å². The molecule has 2 N–H and O–H groups in total. The highest BCUT2D eigenvalue weighted by atomic mass is 19.1. The van der Waals surface area contributed by atoms with Crippen LogP contribution in [0.5, 0.6) is 0 Å². The van der Waals surface area contributed by atoms with E-state index in [4.69, 9.17) is 0 Å². The zero-order chi connectivity index (χ0) is 15.2. The minimum absolute atomic E-state index is 0.0535. The normalized spacial score (nSPS) is 10.2. The molecular formula is C15H13F3N2O. The van der Waals surface area contributed by atoms with Gasteiger partial charge >= 0.3 is 0 Å². The van der Waals surface area contributed by atoms with Crippen LogP contribution in [0.15, 0.2) is 42.5 Å². The first-order valence-electron chi connectivity index (χ1n) is 6.30. The molecule has 0 heterocycles. The minimum Gasteiger partial charge on any atom is -0.382 e. The highest BCUT2D eigenvalue weighted by molar-refractivity contribution is 5.91. The number of anilines is 2. The van der Waals surface area contributed by atoms with Crippen LogP contribution in [-0.2, 0) is 4.79 Å². The summed E-state index contributed by atoms with van der Waals surface area (Å²) in [6.45, 7) is 0.142. The van der Waals surface area contributed by atoms with Gasteiger partial charge in [-0.05, 0) is 24.3 Å². The quantitative estimate of drug-likeness (QED) is 0.885. The zero-order valence-electron chi connectivity index (χ0n) is 11.0. The van der Waals surface area contributed by atoms with Crippen molar-refractivity contribution < 1.29 is 18.0 Å². The lowest BCUT2D eigenvalue weighted by Crippen LogP contribution is -2.18. The number of amides is 1. The van der Waals surface area contributed by atoms with Gasteiger partial charge in [0.15, 0.2) is 0 Å². The van der Waals surface area contributed by atoms with Crippen molar-refractivity contribution in [1.29, 1.82) is 0 Å². The summed E-state index contributed by atoms with van der Waals surface area (Å²) in [4.78, 5) is 11.6. The molecule has 0 fully saturated rings. The first kappa shape index (κ1) is 14.9.